The van der Waals surface area contributed by atoms with Crippen molar-refractivity contribution in [2.24, 2.45) is 11.7 Å². The zero-order valence-corrected chi connectivity index (χ0v) is 17.1. The van der Waals surface area contributed by atoms with Gasteiger partial charge in [-0.2, -0.15) is 0 Å². The van der Waals surface area contributed by atoms with Crippen molar-refractivity contribution >= 4 is 35.8 Å². The lowest BCUT2D eigenvalue weighted by molar-refractivity contribution is 0.186. The summed E-state index contributed by atoms with van der Waals surface area (Å²) < 4.78 is 5.74. The van der Waals surface area contributed by atoms with E-state index in [4.69, 9.17) is 10.2 Å². The van der Waals surface area contributed by atoms with Crippen molar-refractivity contribution in [2.75, 3.05) is 19.6 Å². The molecule has 26 heavy (non-hydrogen) atoms. The number of furan rings is 1. The third kappa shape index (κ3) is 4.95. The number of nitrogens with two attached hydrogens (primary N) is 1. The number of hydrogen-bond donors (Lipinski definition) is 1. The predicted octanol–water partition coefficient (Wildman–Crippen LogP) is 5.36. The van der Waals surface area contributed by atoms with Crippen LogP contribution in [0.3, 0.4) is 0 Å². The van der Waals surface area contributed by atoms with E-state index in [-0.39, 0.29) is 24.8 Å². The average Bonchev–Trinajstić information content (AvgIpc) is 3.06. The van der Waals surface area contributed by atoms with Crippen LogP contribution in [0.1, 0.15) is 56.4 Å². The number of nitrogens with zero attached hydrogens (tertiary/aromatic N) is 1. The van der Waals surface area contributed by atoms with Crippen LogP contribution in [0, 0.1) is 5.92 Å². The highest BCUT2D eigenvalue weighted by atomic mass is 35.5. The Morgan fingerprint density at radius 2 is 1.65 bits per heavy atom. The Morgan fingerprint density at radius 3 is 2.38 bits per heavy atom. The molecule has 0 radical (unpaired) electrons. The van der Waals surface area contributed by atoms with Crippen LogP contribution in [-0.4, -0.2) is 30.6 Å². The molecule has 1 aromatic heterocycles. The van der Waals surface area contributed by atoms with Crippen molar-refractivity contribution < 1.29 is 4.42 Å². The van der Waals surface area contributed by atoms with Gasteiger partial charge in [0.15, 0.2) is 0 Å². The molecule has 2 aromatic rings. The van der Waals surface area contributed by atoms with Crippen LogP contribution in [0.4, 0.5) is 0 Å². The standard InChI is InChI=1S/C21H30N2O.2ClH/c22-18-7-5-16(6-8-18)9-12-23-13-10-17(11-14-23)20-15-24-21-4-2-1-3-19(20)21;;/h1-4,15-18H,5-14,22H2;2*1H. The quantitative estimate of drug-likeness (QED) is 0.752. The van der Waals surface area contributed by atoms with Gasteiger partial charge in [0, 0.05) is 17.0 Å². The monoisotopic (exact) mass is 398 g/mol. The lowest BCUT2D eigenvalue weighted by atomic mass is 9.84. The summed E-state index contributed by atoms with van der Waals surface area (Å²) in [4.78, 5) is 2.67. The van der Waals surface area contributed by atoms with E-state index in [0.717, 1.165) is 11.5 Å². The maximum absolute atomic E-state index is 6.02. The minimum atomic E-state index is 0. The maximum Gasteiger partial charge on any atom is 0.134 e. The molecule has 1 aliphatic heterocycles. The number of benzene rings is 1. The van der Waals surface area contributed by atoms with E-state index in [0.29, 0.717) is 12.0 Å². The van der Waals surface area contributed by atoms with Gasteiger partial charge in [-0.25, -0.2) is 0 Å². The zero-order valence-electron chi connectivity index (χ0n) is 15.4. The number of hydrogen-bond acceptors (Lipinski definition) is 3. The summed E-state index contributed by atoms with van der Waals surface area (Å²) in [6.07, 6.45) is 11.1. The van der Waals surface area contributed by atoms with Crippen LogP contribution >= 0.6 is 24.8 Å². The van der Waals surface area contributed by atoms with Crippen molar-refractivity contribution in [1.29, 1.82) is 0 Å². The van der Waals surface area contributed by atoms with Crippen LogP contribution in [0.15, 0.2) is 34.9 Å². The first-order chi connectivity index (χ1) is 11.8. The number of rotatable bonds is 4. The Labute approximate surface area is 169 Å². The highest BCUT2D eigenvalue weighted by Crippen LogP contribution is 2.34. The lowest BCUT2D eigenvalue weighted by Gasteiger charge is -2.33. The normalized spacial score (nSPS) is 24.8. The van der Waals surface area contributed by atoms with Gasteiger partial charge in [0.2, 0.25) is 0 Å². The van der Waals surface area contributed by atoms with Gasteiger partial charge in [-0.05, 0) is 82.5 Å². The van der Waals surface area contributed by atoms with Crippen LogP contribution in [0.25, 0.3) is 11.0 Å². The molecule has 0 spiro atoms. The van der Waals surface area contributed by atoms with E-state index in [1.165, 1.54) is 75.5 Å². The molecule has 2 N–H and O–H groups in total. The molecule has 1 aliphatic carbocycles. The summed E-state index contributed by atoms with van der Waals surface area (Å²) in [5, 5.41) is 1.31. The topological polar surface area (TPSA) is 42.4 Å². The third-order valence-corrected chi connectivity index (χ3v) is 6.28. The predicted molar refractivity (Wildman–Crippen MR) is 114 cm³/mol. The smallest absolute Gasteiger partial charge is 0.134 e. The molecule has 0 atom stereocenters. The zero-order chi connectivity index (χ0) is 16.4. The number of piperidine rings is 1. The first kappa shape index (κ1) is 21.6. The molecule has 0 bridgehead atoms. The Hall–Kier alpha value is -0.740. The summed E-state index contributed by atoms with van der Waals surface area (Å²) in [6.45, 7) is 3.74. The van der Waals surface area contributed by atoms with Gasteiger partial charge in [-0.3, -0.25) is 0 Å². The minimum absolute atomic E-state index is 0. The second-order valence-electron chi connectivity index (χ2n) is 7.87. The van der Waals surface area contributed by atoms with Crippen LogP contribution < -0.4 is 5.73 Å². The van der Waals surface area contributed by atoms with E-state index in [1.807, 2.05) is 6.26 Å². The number of halogens is 2. The summed E-state index contributed by atoms with van der Waals surface area (Å²) in [6, 6.07) is 8.92. The molecular weight excluding hydrogens is 367 g/mol. The van der Waals surface area contributed by atoms with E-state index in [2.05, 4.69) is 29.2 Å². The fraction of sp³-hybridized carbons (Fsp3) is 0.619. The molecule has 146 valence electrons. The highest BCUT2D eigenvalue weighted by molar-refractivity contribution is 5.85. The minimum Gasteiger partial charge on any atom is -0.464 e. The van der Waals surface area contributed by atoms with Gasteiger partial charge in [0.25, 0.3) is 0 Å². The molecule has 2 heterocycles. The fourth-order valence-electron chi connectivity index (χ4n) is 4.62. The Kier molecular flexibility index (Phi) is 8.28. The van der Waals surface area contributed by atoms with E-state index in [9.17, 15) is 0 Å². The van der Waals surface area contributed by atoms with Crippen molar-refractivity contribution in [1.82, 2.24) is 4.90 Å². The fourth-order valence-corrected chi connectivity index (χ4v) is 4.62. The number of likely N-dealkylation sites (tertiary alicyclic amines) is 1. The summed E-state index contributed by atoms with van der Waals surface area (Å²) >= 11 is 0. The first-order valence-corrected chi connectivity index (χ1v) is 9.73. The van der Waals surface area contributed by atoms with Crippen LogP contribution in [-0.2, 0) is 0 Å². The van der Waals surface area contributed by atoms with Crippen molar-refractivity contribution in [3.8, 4) is 0 Å². The SMILES string of the molecule is Cl.Cl.NC1CCC(CCN2CCC(c3coc4ccccc34)CC2)CC1. The maximum atomic E-state index is 6.02. The lowest BCUT2D eigenvalue weighted by Crippen LogP contribution is -2.35. The van der Waals surface area contributed by atoms with Gasteiger partial charge in [-0.1, -0.05) is 18.2 Å². The second kappa shape index (κ2) is 9.98. The molecule has 5 heteroatoms. The largest absolute Gasteiger partial charge is 0.464 e. The number of para-hydroxylation sites is 1. The summed E-state index contributed by atoms with van der Waals surface area (Å²) in [7, 11) is 0. The molecule has 0 unspecified atom stereocenters. The first-order valence-electron chi connectivity index (χ1n) is 9.73. The number of fused-ring (bicyclic) bond motifs is 1. The molecule has 4 rings (SSSR count). The molecule has 0 amide bonds. The average molecular weight is 399 g/mol. The van der Waals surface area contributed by atoms with E-state index in [1.54, 1.807) is 0 Å². The van der Waals surface area contributed by atoms with Crippen LogP contribution in [0.2, 0.25) is 0 Å². The van der Waals surface area contributed by atoms with Crippen LogP contribution in [0.5, 0.6) is 0 Å². The van der Waals surface area contributed by atoms with Gasteiger partial charge in [0.05, 0.1) is 6.26 Å². The molecule has 1 aromatic carbocycles. The Balaban J connectivity index is 0.00000121. The van der Waals surface area contributed by atoms with Crippen molar-refractivity contribution in [3.05, 3.63) is 36.1 Å². The van der Waals surface area contributed by atoms with Gasteiger partial charge in [0.1, 0.15) is 5.58 Å². The highest BCUT2D eigenvalue weighted by Gasteiger charge is 2.24. The third-order valence-electron chi connectivity index (χ3n) is 6.28. The molecule has 3 nitrogen and oxygen atoms in total. The van der Waals surface area contributed by atoms with Gasteiger partial charge < -0.3 is 15.1 Å². The molecule has 2 aliphatic rings. The Morgan fingerprint density at radius 1 is 0.962 bits per heavy atom. The van der Waals surface area contributed by atoms with Crippen molar-refractivity contribution in [2.45, 2.75) is 56.9 Å². The summed E-state index contributed by atoms with van der Waals surface area (Å²) in [5.41, 5.74) is 8.47. The molecule has 1 saturated heterocycles. The van der Waals surface area contributed by atoms with Gasteiger partial charge in [-0.15, -0.1) is 24.8 Å². The summed E-state index contributed by atoms with van der Waals surface area (Å²) in [5.74, 6) is 1.58. The van der Waals surface area contributed by atoms with Crippen molar-refractivity contribution in [3.63, 3.8) is 0 Å². The molecular formula is C21H32Cl2N2O. The molecule has 2 fully saturated rings. The molecule has 1 saturated carbocycles. The van der Waals surface area contributed by atoms with E-state index >= 15 is 0 Å². The van der Waals surface area contributed by atoms with E-state index < -0.39 is 0 Å². The second-order valence-corrected chi connectivity index (χ2v) is 7.87. The van der Waals surface area contributed by atoms with Gasteiger partial charge >= 0.3 is 0 Å². The Bertz CT molecular complexity index is 659.